The van der Waals surface area contributed by atoms with Gasteiger partial charge in [0.1, 0.15) is 5.76 Å². The first kappa shape index (κ1) is 18.4. The zero-order chi connectivity index (χ0) is 19.1. The summed E-state index contributed by atoms with van der Waals surface area (Å²) in [4.78, 5) is 13.9. The number of benzene rings is 2. The van der Waals surface area contributed by atoms with Crippen LogP contribution in [0.4, 0.5) is 0 Å². The molecule has 1 aromatic heterocycles. The third kappa shape index (κ3) is 4.84. The number of furan rings is 1. The van der Waals surface area contributed by atoms with E-state index >= 15 is 0 Å². The van der Waals surface area contributed by atoms with Crippen molar-refractivity contribution >= 4 is 5.91 Å². The molecule has 1 heterocycles. The van der Waals surface area contributed by atoms with Gasteiger partial charge in [0, 0.05) is 25.7 Å². The average Bonchev–Trinajstić information content (AvgIpc) is 3.21. The fraction of sp³-hybridized carbons (Fsp3) is 0.182. The van der Waals surface area contributed by atoms with Crippen molar-refractivity contribution in [2.24, 2.45) is 0 Å². The molecule has 0 bridgehead atoms. The topological polar surface area (TPSA) is 69.3 Å². The number of nitrogens with zero attached hydrogens (tertiary/aromatic N) is 2. The van der Waals surface area contributed by atoms with E-state index in [1.54, 1.807) is 13.3 Å². The van der Waals surface area contributed by atoms with Crippen LogP contribution < -0.4 is 5.32 Å². The molecule has 0 fully saturated rings. The first-order chi connectivity index (χ1) is 13.2. The summed E-state index contributed by atoms with van der Waals surface area (Å²) in [6.07, 6.45) is 1.66. The van der Waals surface area contributed by atoms with Crippen molar-refractivity contribution in [2.75, 3.05) is 7.05 Å². The summed E-state index contributed by atoms with van der Waals surface area (Å²) in [7, 11) is 1.62. The zero-order valence-electron chi connectivity index (χ0n) is 15.2. The third-order valence-electron chi connectivity index (χ3n) is 4.34. The van der Waals surface area contributed by atoms with Crippen molar-refractivity contribution in [3.8, 4) is 6.07 Å². The lowest BCUT2D eigenvalue weighted by Crippen LogP contribution is -2.23. The Hall–Kier alpha value is -3.36. The van der Waals surface area contributed by atoms with Crippen LogP contribution in [0.15, 0.2) is 71.3 Å². The number of amides is 1. The lowest BCUT2D eigenvalue weighted by molar-refractivity contribution is 0.0963. The minimum atomic E-state index is -0.100. The number of nitriles is 1. The smallest absolute Gasteiger partial charge is 0.251 e. The Morgan fingerprint density at radius 1 is 1.04 bits per heavy atom. The molecule has 136 valence electrons. The molecular weight excluding hydrogens is 338 g/mol. The van der Waals surface area contributed by atoms with Gasteiger partial charge in [0.05, 0.1) is 24.4 Å². The summed E-state index contributed by atoms with van der Waals surface area (Å²) >= 11 is 0. The Kier molecular flexibility index (Phi) is 6.03. The fourth-order valence-corrected chi connectivity index (χ4v) is 2.96. The van der Waals surface area contributed by atoms with Gasteiger partial charge in [0.15, 0.2) is 0 Å². The Morgan fingerprint density at radius 2 is 1.81 bits per heavy atom. The minimum Gasteiger partial charge on any atom is -0.468 e. The van der Waals surface area contributed by atoms with Crippen LogP contribution in [0.25, 0.3) is 0 Å². The summed E-state index contributed by atoms with van der Waals surface area (Å²) in [6, 6.07) is 21.2. The number of carbonyl (C=O) groups excluding carboxylic acids is 1. The molecular formula is C22H21N3O2. The van der Waals surface area contributed by atoms with E-state index in [4.69, 9.17) is 4.42 Å². The van der Waals surface area contributed by atoms with E-state index in [-0.39, 0.29) is 5.91 Å². The highest BCUT2D eigenvalue weighted by atomic mass is 16.3. The van der Waals surface area contributed by atoms with Gasteiger partial charge in [-0.2, -0.15) is 5.26 Å². The van der Waals surface area contributed by atoms with E-state index < -0.39 is 0 Å². The number of rotatable bonds is 7. The molecule has 0 aliphatic heterocycles. The third-order valence-corrected chi connectivity index (χ3v) is 4.34. The summed E-state index contributed by atoms with van der Waals surface area (Å²) in [6.45, 7) is 1.93. The molecule has 1 amide bonds. The quantitative estimate of drug-likeness (QED) is 0.698. The van der Waals surface area contributed by atoms with Crippen LogP contribution >= 0.6 is 0 Å². The molecule has 0 saturated carbocycles. The van der Waals surface area contributed by atoms with Gasteiger partial charge >= 0.3 is 0 Å². The van der Waals surface area contributed by atoms with Crippen LogP contribution in [-0.4, -0.2) is 17.9 Å². The zero-order valence-corrected chi connectivity index (χ0v) is 15.2. The first-order valence-corrected chi connectivity index (χ1v) is 8.73. The summed E-state index contributed by atoms with van der Waals surface area (Å²) in [5.41, 5.74) is 3.38. The molecule has 0 saturated heterocycles. The maximum atomic E-state index is 11.7. The van der Waals surface area contributed by atoms with Crippen molar-refractivity contribution in [3.63, 3.8) is 0 Å². The van der Waals surface area contributed by atoms with E-state index in [0.717, 1.165) is 16.9 Å². The maximum Gasteiger partial charge on any atom is 0.251 e. The second-order valence-electron chi connectivity index (χ2n) is 6.27. The average molecular weight is 359 g/mol. The standard InChI is InChI=1S/C22H21N3O2/c1-24-22(26)18-10-8-17(9-11-18)14-25(16-21-7-4-12-27-21)15-20-6-3-2-5-19(20)13-23/h2-12H,14-16H2,1H3,(H,24,26). The molecule has 0 spiro atoms. The number of hydrogen-bond acceptors (Lipinski definition) is 4. The highest BCUT2D eigenvalue weighted by molar-refractivity contribution is 5.93. The molecule has 5 nitrogen and oxygen atoms in total. The second-order valence-corrected chi connectivity index (χ2v) is 6.27. The lowest BCUT2D eigenvalue weighted by atomic mass is 10.1. The van der Waals surface area contributed by atoms with Crippen molar-refractivity contribution in [2.45, 2.75) is 19.6 Å². The van der Waals surface area contributed by atoms with Crippen molar-refractivity contribution < 1.29 is 9.21 Å². The molecule has 2 aromatic carbocycles. The fourth-order valence-electron chi connectivity index (χ4n) is 2.96. The lowest BCUT2D eigenvalue weighted by Gasteiger charge is -2.22. The molecule has 3 rings (SSSR count). The molecule has 0 aliphatic carbocycles. The van der Waals surface area contributed by atoms with E-state index in [2.05, 4.69) is 16.3 Å². The van der Waals surface area contributed by atoms with Crippen molar-refractivity contribution in [3.05, 3.63) is 94.9 Å². The Labute approximate surface area is 158 Å². The highest BCUT2D eigenvalue weighted by Crippen LogP contribution is 2.17. The summed E-state index contributed by atoms with van der Waals surface area (Å²) < 4.78 is 5.50. The summed E-state index contributed by atoms with van der Waals surface area (Å²) in [5.74, 6) is 0.767. The predicted molar refractivity (Wildman–Crippen MR) is 103 cm³/mol. The van der Waals surface area contributed by atoms with E-state index in [9.17, 15) is 10.1 Å². The number of hydrogen-bond donors (Lipinski definition) is 1. The molecule has 27 heavy (non-hydrogen) atoms. The van der Waals surface area contributed by atoms with Crippen LogP contribution in [0.1, 0.15) is 32.8 Å². The Bertz CT molecular complexity index is 925. The molecule has 0 aliphatic rings. The van der Waals surface area contributed by atoms with Gasteiger partial charge in [-0.3, -0.25) is 9.69 Å². The van der Waals surface area contributed by atoms with Gasteiger partial charge in [-0.1, -0.05) is 30.3 Å². The maximum absolute atomic E-state index is 11.7. The van der Waals surface area contributed by atoms with E-state index in [1.165, 1.54) is 0 Å². The van der Waals surface area contributed by atoms with Crippen LogP contribution in [-0.2, 0) is 19.6 Å². The van der Waals surface area contributed by atoms with Gasteiger partial charge in [0.25, 0.3) is 5.91 Å². The molecule has 0 radical (unpaired) electrons. The Balaban J connectivity index is 1.79. The number of nitrogens with one attached hydrogen (secondary N) is 1. The first-order valence-electron chi connectivity index (χ1n) is 8.73. The Morgan fingerprint density at radius 3 is 2.48 bits per heavy atom. The van der Waals surface area contributed by atoms with Crippen molar-refractivity contribution in [1.82, 2.24) is 10.2 Å². The van der Waals surface area contributed by atoms with Gasteiger partial charge in [-0.25, -0.2) is 0 Å². The normalized spacial score (nSPS) is 10.6. The molecule has 3 aromatic rings. The minimum absolute atomic E-state index is 0.100. The van der Waals surface area contributed by atoms with Crippen LogP contribution in [0, 0.1) is 11.3 Å². The molecule has 0 unspecified atom stereocenters. The molecule has 0 atom stereocenters. The molecule has 1 N–H and O–H groups in total. The summed E-state index contributed by atoms with van der Waals surface area (Å²) in [5, 5.41) is 12.0. The van der Waals surface area contributed by atoms with Crippen LogP contribution in [0.2, 0.25) is 0 Å². The van der Waals surface area contributed by atoms with Gasteiger partial charge in [0.2, 0.25) is 0 Å². The van der Waals surface area contributed by atoms with Gasteiger partial charge in [-0.05, 0) is 41.5 Å². The monoisotopic (exact) mass is 359 g/mol. The second kappa shape index (κ2) is 8.84. The van der Waals surface area contributed by atoms with E-state index in [0.29, 0.717) is 30.8 Å². The van der Waals surface area contributed by atoms with Gasteiger partial charge < -0.3 is 9.73 Å². The largest absolute Gasteiger partial charge is 0.468 e. The van der Waals surface area contributed by atoms with E-state index in [1.807, 2.05) is 60.7 Å². The SMILES string of the molecule is CNC(=O)c1ccc(CN(Cc2ccco2)Cc2ccccc2C#N)cc1. The van der Waals surface area contributed by atoms with Gasteiger partial charge in [-0.15, -0.1) is 0 Å². The number of carbonyl (C=O) groups is 1. The van der Waals surface area contributed by atoms with Crippen LogP contribution in [0.3, 0.4) is 0 Å². The highest BCUT2D eigenvalue weighted by Gasteiger charge is 2.13. The van der Waals surface area contributed by atoms with Crippen molar-refractivity contribution in [1.29, 1.82) is 5.26 Å². The predicted octanol–water partition coefficient (Wildman–Crippen LogP) is 3.71. The molecule has 5 heteroatoms. The van der Waals surface area contributed by atoms with Crippen LogP contribution in [0.5, 0.6) is 0 Å².